The maximum absolute atomic E-state index is 14.3. The highest BCUT2D eigenvalue weighted by molar-refractivity contribution is 5.92. The number of amides is 1. The Morgan fingerprint density at radius 3 is 2.97 bits per heavy atom. The van der Waals surface area contributed by atoms with E-state index in [-0.39, 0.29) is 17.6 Å². The van der Waals surface area contributed by atoms with Crippen LogP contribution in [0.4, 0.5) is 4.39 Å². The van der Waals surface area contributed by atoms with Gasteiger partial charge in [-0.05, 0) is 30.3 Å². The predicted octanol–water partition coefficient (Wildman–Crippen LogP) is 3.03. The van der Waals surface area contributed by atoms with Gasteiger partial charge in [-0.1, -0.05) is 6.07 Å². The highest BCUT2D eigenvalue weighted by Crippen LogP contribution is 2.34. The number of carbonyl (C=O) groups excluding carboxylic acids is 1. The molecule has 5 aromatic rings. The van der Waals surface area contributed by atoms with E-state index in [2.05, 4.69) is 25.0 Å². The molecule has 0 spiro atoms. The van der Waals surface area contributed by atoms with Crippen LogP contribution in [-0.2, 0) is 6.42 Å². The number of hydrogen-bond donors (Lipinski definition) is 1. The first-order chi connectivity index (χ1) is 15.7. The molecule has 0 unspecified atom stereocenters. The van der Waals surface area contributed by atoms with Gasteiger partial charge in [-0.2, -0.15) is 5.10 Å². The Balaban J connectivity index is 1.41. The molecule has 0 aromatic carbocycles. The number of fused-ring (bicyclic) bond motifs is 2. The van der Waals surface area contributed by atoms with Gasteiger partial charge in [0.05, 0.1) is 23.9 Å². The summed E-state index contributed by atoms with van der Waals surface area (Å²) in [6, 6.07) is 9.36. The SMILES string of the molecule is O=C(c1cnc(-c2ccccn2)o1)N1CCc2[nH]cnc2[C@@H]1c1cc2c(F)cccn2n1. The summed E-state index contributed by atoms with van der Waals surface area (Å²) in [5.74, 6) is -0.393. The summed E-state index contributed by atoms with van der Waals surface area (Å²) >= 11 is 0. The van der Waals surface area contributed by atoms with Crippen molar-refractivity contribution in [3.8, 4) is 11.6 Å². The lowest BCUT2D eigenvalue weighted by Gasteiger charge is -2.33. The molecule has 1 amide bonds. The molecular weight excluding hydrogens is 413 g/mol. The van der Waals surface area contributed by atoms with Crippen LogP contribution in [0.3, 0.4) is 0 Å². The quantitative estimate of drug-likeness (QED) is 0.473. The van der Waals surface area contributed by atoms with Crippen molar-refractivity contribution in [2.24, 2.45) is 0 Å². The first-order valence-electron chi connectivity index (χ1n) is 10.0. The molecule has 6 rings (SSSR count). The smallest absolute Gasteiger partial charge is 0.292 e. The highest BCUT2D eigenvalue weighted by Gasteiger charge is 2.37. The fourth-order valence-corrected chi connectivity index (χ4v) is 4.05. The molecule has 1 atom stereocenters. The van der Waals surface area contributed by atoms with Gasteiger partial charge in [-0.3, -0.25) is 9.78 Å². The fraction of sp³-hybridized carbons (Fsp3) is 0.136. The summed E-state index contributed by atoms with van der Waals surface area (Å²) < 4.78 is 21.5. The van der Waals surface area contributed by atoms with Gasteiger partial charge in [0, 0.05) is 31.1 Å². The van der Waals surface area contributed by atoms with Crippen molar-refractivity contribution < 1.29 is 13.6 Å². The summed E-state index contributed by atoms with van der Waals surface area (Å²) in [5, 5.41) is 4.53. The van der Waals surface area contributed by atoms with Crippen LogP contribution in [-0.4, -0.2) is 46.9 Å². The lowest BCUT2D eigenvalue weighted by atomic mass is 9.99. The van der Waals surface area contributed by atoms with E-state index in [1.807, 2.05) is 6.07 Å². The van der Waals surface area contributed by atoms with E-state index >= 15 is 0 Å². The van der Waals surface area contributed by atoms with Crippen LogP contribution in [0.25, 0.3) is 17.1 Å². The van der Waals surface area contributed by atoms with E-state index in [1.54, 1.807) is 47.9 Å². The van der Waals surface area contributed by atoms with Crippen LogP contribution in [0, 0.1) is 5.82 Å². The number of halogens is 1. The minimum absolute atomic E-state index is 0.0876. The molecule has 0 saturated heterocycles. The van der Waals surface area contributed by atoms with Crippen molar-refractivity contribution in [1.82, 2.24) is 34.4 Å². The molecule has 0 aliphatic carbocycles. The van der Waals surface area contributed by atoms with Crippen LogP contribution in [0.15, 0.2) is 65.7 Å². The molecule has 10 heteroatoms. The second-order valence-electron chi connectivity index (χ2n) is 7.42. The Morgan fingerprint density at radius 2 is 2.12 bits per heavy atom. The number of aromatic nitrogens is 6. The van der Waals surface area contributed by atoms with Gasteiger partial charge in [0.1, 0.15) is 23.1 Å². The Labute approximate surface area is 180 Å². The van der Waals surface area contributed by atoms with Crippen molar-refractivity contribution in [1.29, 1.82) is 0 Å². The maximum Gasteiger partial charge on any atom is 0.292 e. The molecule has 1 N–H and O–H groups in total. The number of carbonyl (C=O) groups is 1. The van der Waals surface area contributed by atoms with Crippen molar-refractivity contribution in [2.45, 2.75) is 12.5 Å². The second-order valence-corrected chi connectivity index (χ2v) is 7.42. The van der Waals surface area contributed by atoms with Crippen LogP contribution < -0.4 is 0 Å². The number of oxazole rings is 1. The number of imidazole rings is 1. The summed E-state index contributed by atoms with van der Waals surface area (Å²) in [7, 11) is 0. The summed E-state index contributed by atoms with van der Waals surface area (Å²) in [5.41, 5.74) is 2.98. The summed E-state index contributed by atoms with van der Waals surface area (Å²) in [6.07, 6.45) is 6.88. The molecular formula is C22H16FN7O2. The minimum atomic E-state index is -0.597. The van der Waals surface area contributed by atoms with E-state index in [9.17, 15) is 9.18 Å². The maximum atomic E-state index is 14.3. The van der Waals surface area contributed by atoms with Crippen LogP contribution >= 0.6 is 0 Å². The van der Waals surface area contributed by atoms with Crippen molar-refractivity contribution in [3.63, 3.8) is 0 Å². The predicted molar refractivity (Wildman–Crippen MR) is 110 cm³/mol. The average molecular weight is 429 g/mol. The van der Waals surface area contributed by atoms with Gasteiger partial charge >= 0.3 is 0 Å². The van der Waals surface area contributed by atoms with Gasteiger partial charge < -0.3 is 14.3 Å². The van der Waals surface area contributed by atoms with E-state index in [4.69, 9.17) is 4.42 Å². The average Bonchev–Trinajstić information content (AvgIpc) is 3.58. The molecule has 0 fully saturated rings. The zero-order valence-electron chi connectivity index (χ0n) is 16.6. The van der Waals surface area contributed by atoms with Crippen LogP contribution in [0.5, 0.6) is 0 Å². The second kappa shape index (κ2) is 7.12. The number of pyridine rings is 2. The minimum Gasteiger partial charge on any atom is -0.429 e. The summed E-state index contributed by atoms with van der Waals surface area (Å²) in [6.45, 7) is 0.411. The molecule has 1 aliphatic heterocycles. The third kappa shape index (κ3) is 2.88. The number of rotatable bonds is 3. The third-order valence-electron chi connectivity index (χ3n) is 5.54. The van der Waals surface area contributed by atoms with Gasteiger partial charge in [0.25, 0.3) is 5.91 Å². The van der Waals surface area contributed by atoms with E-state index in [0.29, 0.717) is 35.6 Å². The number of nitrogens with zero attached hydrogens (tertiary/aromatic N) is 6. The van der Waals surface area contributed by atoms with E-state index < -0.39 is 11.9 Å². The van der Waals surface area contributed by atoms with Gasteiger partial charge in [0.15, 0.2) is 0 Å². The number of nitrogens with one attached hydrogen (secondary N) is 1. The highest BCUT2D eigenvalue weighted by atomic mass is 19.1. The molecule has 6 heterocycles. The zero-order chi connectivity index (χ0) is 21.7. The number of H-pyrrole nitrogens is 1. The first-order valence-corrected chi connectivity index (χ1v) is 10.0. The Bertz CT molecular complexity index is 1440. The Morgan fingerprint density at radius 1 is 1.19 bits per heavy atom. The standard InChI is InChI=1S/C22H16FN7O2/c23-13-4-3-8-30-17(13)10-16(28-30)20-19-14(26-12-27-19)6-9-29(20)22(31)18-11-25-21(32-18)15-5-1-2-7-24-15/h1-5,7-8,10-12,20H,6,9H2,(H,26,27)/t20-/m0/s1. The lowest BCUT2D eigenvalue weighted by Crippen LogP contribution is -2.40. The number of aromatic amines is 1. The first kappa shape index (κ1) is 18.4. The van der Waals surface area contributed by atoms with Gasteiger partial charge in [-0.25, -0.2) is 18.9 Å². The van der Waals surface area contributed by atoms with Crippen molar-refractivity contribution >= 4 is 11.4 Å². The molecule has 9 nitrogen and oxygen atoms in total. The van der Waals surface area contributed by atoms with E-state index in [0.717, 1.165) is 5.69 Å². The van der Waals surface area contributed by atoms with E-state index in [1.165, 1.54) is 16.8 Å². The molecule has 0 saturated carbocycles. The van der Waals surface area contributed by atoms with Crippen molar-refractivity contribution in [2.75, 3.05) is 6.54 Å². The molecule has 5 aromatic heterocycles. The molecule has 1 aliphatic rings. The Hall–Kier alpha value is -4.34. The molecule has 0 bridgehead atoms. The zero-order valence-corrected chi connectivity index (χ0v) is 16.6. The number of hydrogen-bond acceptors (Lipinski definition) is 6. The van der Waals surface area contributed by atoms with Gasteiger partial charge in [0.2, 0.25) is 11.7 Å². The lowest BCUT2D eigenvalue weighted by molar-refractivity contribution is 0.0655. The Kier molecular flexibility index (Phi) is 4.10. The van der Waals surface area contributed by atoms with Crippen LogP contribution in [0.2, 0.25) is 0 Å². The summed E-state index contributed by atoms with van der Waals surface area (Å²) in [4.78, 5) is 31.1. The fourth-order valence-electron chi connectivity index (χ4n) is 4.05. The molecule has 0 radical (unpaired) electrons. The molecule has 32 heavy (non-hydrogen) atoms. The molecule has 158 valence electrons. The van der Waals surface area contributed by atoms with Crippen molar-refractivity contribution in [3.05, 3.63) is 90.0 Å². The van der Waals surface area contributed by atoms with Crippen LogP contribution in [0.1, 0.15) is 33.7 Å². The van der Waals surface area contributed by atoms with Gasteiger partial charge in [-0.15, -0.1) is 0 Å². The third-order valence-corrected chi connectivity index (χ3v) is 5.54. The normalized spacial score (nSPS) is 15.8. The monoisotopic (exact) mass is 429 g/mol. The largest absolute Gasteiger partial charge is 0.429 e. The topological polar surface area (TPSA) is 105 Å².